The molecule has 2 aromatic rings. The van der Waals surface area contributed by atoms with Crippen LogP contribution in [0.5, 0.6) is 0 Å². The van der Waals surface area contributed by atoms with Gasteiger partial charge in [-0.1, -0.05) is 39.7 Å². The summed E-state index contributed by atoms with van der Waals surface area (Å²) in [5, 5.41) is 7.78. The molecule has 2 rings (SSSR count). The molecule has 1 aromatic heterocycles. The van der Waals surface area contributed by atoms with E-state index in [2.05, 4.69) is 26.1 Å². The molecule has 0 aliphatic carbocycles. The summed E-state index contributed by atoms with van der Waals surface area (Å²) in [6.07, 6.45) is 0. The standard InChI is InChI=1S/C10H7BrClN3/c11-7-3-1-2-6(4-7)8-5-9(13)14-15-10(8)12/h1-5H,(H2,13,14). The summed E-state index contributed by atoms with van der Waals surface area (Å²) in [5.41, 5.74) is 7.30. The summed E-state index contributed by atoms with van der Waals surface area (Å²) in [4.78, 5) is 0. The third-order valence-corrected chi connectivity index (χ3v) is 2.68. The molecule has 0 saturated heterocycles. The van der Waals surface area contributed by atoms with Crippen LogP contribution < -0.4 is 5.73 Å². The van der Waals surface area contributed by atoms with E-state index in [0.717, 1.165) is 15.6 Å². The first kappa shape index (κ1) is 10.4. The van der Waals surface area contributed by atoms with Crippen LogP contribution in [0.3, 0.4) is 0 Å². The zero-order valence-corrected chi connectivity index (χ0v) is 9.96. The Morgan fingerprint density at radius 3 is 2.73 bits per heavy atom. The fourth-order valence-electron chi connectivity index (χ4n) is 1.25. The van der Waals surface area contributed by atoms with Crippen LogP contribution in [0.25, 0.3) is 11.1 Å². The summed E-state index contributed by atoms with van der Waals surface area (Å²) in [6.45, 7) is 0. The maximum Gasteiger partial charge on any atom is 0.159 e. The summed E-state index contributed by atoms with van der Waals surface area (Å²) in [5.74, 6) is 0.356. The second-order valence-corrected chi connectivity index (χ2v) is 4.26. The van der Waals surface area contributed by atoms with E-state index in [9.17, 15) is 0 Å². The van der Waals surface area contributed by atoms with Crippen molar-refractivity contribution in [2.24, 2.45) is 0 Å². The van der Waals surface area contributed by atoms with Crippen LogP contribution in [0.15, 0.2) is 34.8 Å². The lowest BCUT2D eigenvalue weighted by atomic mass is 10.1. The molecule has 0 radical (unpaired) electrons. The van der Waals surface area contributed by atoms with E-state index in [1.165, 1.54) is 0 Å². The Labute approximate surface area is 100 Å². The second kappa shape index (κ2) is 4.16. The molecule has 0 atom stereocenters. The van der Waals surface area contributed by atoms with Gasteiger partial charge in [-0.2, -0.15) is 0 Å². The molecule has 0 aliphatic heterocycles. The van der Waals surface area contributed by atoms with Gasteiger partial charge >= 0.3 is 0 Å². The lowest BCUT2D eigenvalue weighted by Gasteiger charge is -2.04. The number of anilines is 1. The van der Waals surface area contributed by atoms with E-state index in [0.29, 0.717) is 11.0 Å². The Bertz CT molecular complexity index is 502. The minimum atomic E-state index is 0.349. The van der Waals surface area contributed by atoms with E-state index in [4.69, 9.17) is 17.3 Å². The number of nitrogen functional groups attached to an aromatic ring is 1. The molecule has 15 heavy (non-hydrogen) atoms. The third-order valence-electron chi connectivity index (χ3n) is 1.90. The highest BCUT2D eigenvalue weighted by molar-refractivity contribution is 9.10. The maximum absolute atomic E-state index is 5.94. The highest BCUT2D eigenvalue weighted by Crippen LogP contribution is 2.28. The Hall–Kier alpha value is -1.13. The smallest absolute Gasteiger partial charge is 0.159 e. The van der Waals surface area contributed by atoms with E-state index in [1.807, 2.05) is 24.3 Å². The van der Waals surface area contributed by atoms with Crippen molar-refractivity contribution in [1.29, 1.82) is 0 Å². The first-order valence-corrected chi connectivity index (χ1v) is 5.38. The number of rotatable bonds is 1. The molecular weight excluding hydrogens is 277 g/mol. The van der Waals surface area contributed by atoms with Gasteiger partial charge in [0.25, 0.3) is 0 Å². The van der Waals surface area contributed by atoms with Crippen LogP contribution >= 0.6 is 27.5 Å². The third kappa shape index (κ3) is 2.27. The van der Waals surface area contributed by atoms with Crippen molar-refractivity contribution in [1.82, 2.24) is 10.2 Å². The van der Waals surface area contributed by atoms with Crippen molar-refractivity contribution in [2.45, 2.75) is 0 Å². The van der Waals surface area contributed by atoms with Crippen molar-refractivity contribution in [3.8, 4) is 11.1 Å². The number of hydrogen-bond donors (Lipinski definition) is 1. The van der Waals surface area contributed by atoms with Gasteiger partial charge in [-0.05, 0) is 23.8 Å². The monoisotopic (exact) mass is 283 g/mol. The van der Waals surface area contributed by atoms with Crippen LogP contribution in [0, 0.1) is 0 Å². The fraction of sp³-hybridized carbons (Fsp3) is 0. The van der Waals surface area contributed by atoms with Crippen LogP contribution in [-0.4, -0.2) is 10.2 Å². The molecule has 0 fully saturated rings. The summed E-state index contributed by atoms with van der Waals surface area (Å²) in [7, 11) is 0. The normalized spacial score (nSPS) is 10.3. The summed E-state index contributed by atoms with van der Waals surface area (Å²) in [6, 6.07) is 9.45. The lowest BCUT2D eigenvalue weighted by Crippen LogP contribution is -1.94. The van der Waals surface area contributed by atoms with E-state index < -0.39 is 0 Å². The molecule has 2 N–H and O–H groups in total. The number of aromatic nitrogens is 2. The minimum absolute atomic E-state index is 0.349. The Kier molecular flexibility index (Phi) is 2.88. The van der Waals surface area contributed by atoms with Crippen molar-refractivity contribution in [2.75, 3.05) is 5.73 Å². The molecule has 76 valence electrons. The molecule has 0 amide bonds. The fourth-order valence-corrected chi connectivity index (χ4v) is 1.85. The van der Waals surface area contributed by atoms with Gasteiger partial charge in [-0.15, -0.1) is 10.2 Å². The number of halogens is 2. The van der Waals surface area contributed by atoms with Crippen molar-refractivity contribution < 1.29 is 0 Å². The molecule has 5 heteroatoms. The predicted octanol–water partition coefficient (Wildman–Crippen LogP) is 3.14. The van der Waals surface area contributed by atoms with Gasteiger partial charge in [0, 0.05) is 10.0 Å². The summed E-state index contributed by atoms with van der Waals surface area (Å²) >= 11 is 9.33. The maximum atomic E-state index is 5.94. The Morgan fingerprint density at radius 1 is 1.20 bits per heavy atom. The average Bonchev–Trinajstić information content (AvgIpc) is 2.22. The van der Waals surface area contributed by atoms with E-state index >= 15 is 0 Å². The zero-order valence-electron chi connectivity index (χ0n) is 7.61. The van der Waals surface area contributed by atoms with Gasteiger partial charge in [-0.3, -0.25) is 0 Å². The molecule has 3 nitrogen and oxygen atoms in total. The van der Waals surface area contributed by atoms with Crippen LogP contribution in [0.2, 0.25) is 5.15 Å². The largest absolute Gasteiger partial charge is 0.382 e. The number of nitrogens with two attached hydrogens (primary N) is 1. The topological polar surface area (TPSA) is 51.8 Å². The Morgan fingerprint density at radius 2 is 2.00 bits per heavy atom. The van der Waals surface area contributed by atoms with Gasteiger partial charge < -0.3 is 5.73 Å². The predicted molar refractivity (Wildman–Crippen MR) is 64.6 cm³/mol. The van der Waals surface area contributed by atoms with Gasteiger partial charge in [0.1, 0.15) is 5.82 Å². The molecule has 0 spiro atoms. The first-order chi connectivity index (χ1) is 7.16. The van der Waals surface area contributed by atoms with E-state index in [-0.39, 0.29) is 0 Å². The molecule has 1 heterocycles. The summed E-state index contributed by atoms with van der Waals surface area (Å²) < 4.78 is 0.978. The van der Waals surface area contributed by atoms with Gasteiger partial charge in [0.2, 0.25) is 0 Å². The molecular formula is C10H7BrClN3. The molecule has 0 aliphatic rings. The van der Waals surface area contributed by atoms with Crippen molar-refractivity contribution in [3.63, 3.8) is 0 Å². The van der Waals surface area contributed by atoms with Gasteiger partial charge in [-0.25, -0.2) is 0 Å². The number of hydrogen-bond acceptors (Lipinski definition) is 3. The second-order valence-electron chi connectivity index (χ2n) is 2.98. The zero-order chi connectivity index (χ0) is 10.8. The highest BCUT2D eigenvalue weighted by atomic mass is 79.9. The Balaban J connectivity index is 2.58. The minimum Gasteiger partial charge on any atom is -0.382 e. The number of nitrogens with zero attached hydrogens (tertiary/aromatic N) is 2. The van der Waals surface area contributed by atoms with Crippen molar-refractivity contribution >= 4 is 33.3 Å². The molecule has 1 aromatic carbocycles. The molecule has 0 bridgehead atoms. The first-order valence-electron chi connectivity index (χ1n) is 4.21. The SMILES string of the molecule is Nc1cc(-c2cccc(Br)c2)c(Cl)nn1. The molecule has 0 saturated carbocycles. The van der Waals surface area contributed by atoms with Gasteiger partial charge in [0.05, 0.1) is 0 Å². The van der Waals surface area contributed by atoms with Gasteiger partial charge in [0.15, 0.2) is 5.15 Å². The van der Waals surface area contributed by atoms with Crippen molar-refractivity contribution in [3.05, 3.63) is 40.0 Å². The lowest BCUT2D eigenvalue weighted by molar-refractivity contribution is 1.04. The average molecular weight is 285 g/mol. The van der Waals surface area contributed by atoms with Crippen LogP contribution in [0.4, 0.5) is 5.82 Å². The van der Waals surface area contributed by atoms with Crippen LogP contribution in [0.1, 0.15) is 0 Å². The number of benzene rings is 1. The quantitative estimate of drug-likeness (QED) is 0.875. The van der Waals surface area contributed by atoms with E-state index in [1.54, 1.807) is 6.07 Å². The highest BCUT2D eigenvalue weighted by Gasteiger charge is 2.06. The molecule has 0 unspecified atom stereocenters. The van der Waals surface area contributed by atoms with Crippen LogP contribution in [-0.2, 0) is 0 Å².